The molecular formula is C30H27N7O5. The maximum atomic E-state index is 14.2. The number of amides is 1. The standard InChI is InChI=1S/C30H27N7O5/c1-40-21-10-16-8-19(35-23(16)27(42-3)26(21)41-2)30(39)37-12-17(11-36-14-34-28(31)24-29(36)33-13-32-24)22-20(37)9-15-6-4-5-7-18(15)25(22)38/h4-10,13-14,17,31,35,38H,11-12H2,1-3H3,(H,32,33). The van der Waals surface area contributed by atoms with E-state index in [-0.39, 0.29) is 23.1 Å². The van der Waals surface area contributed by atoms with E-state index < -0.39 is 0 Å². The monoisotopic (exact) mass is 565 g/mol. The Labute approximate surface area is 238 Å². The summed E-state index contributed by atoms with van der Waals surface area (Å²) in [5.41, 5.74) is 3.45. The zero-order valence-corrected chi connectivity index (χ0v) is 23.1. The number of anilines is 1. The Hall–Kier alpha value is -5.52. The highest BCUT2D eigenvalue weighted by Crippen LogP contribution is 2.48. The summed E-state index contributed by atoms with van der Waals surface area (Å²) < 4.78 is 18.5. The lowest BCUT2D eigenvalue weighted by molar-refractivity contribution is 0.0984. The van der Waals surface area contributed by atoms with Gasteiger partial charge in [0.15, 0.2) is 22.6 Å². The summed E-state index contributed by atoms with van der Waals surface area (Å²) in [4.78, 5) is 30.7. The van der Waals surface area contributed by atoms with Crippen LogP contribution in [0.25, 0.3) is 32.8 Å². The minimum Gasteiger partial charge on any atom is -0.507 e. The van der Waals surface area contributed by atoms with Crippen molar-refractivity contribution in [1.82, 2.24) is 24.5 Å². The molecule has 1 unspecified atom stereocenters. The first kappa shape index (κ1) is 25.4. The van der Waals surface area contributed by atoms with E-state index >= 15 is 0 Å². The number of nitrogens with zero attached hydrogens (tertiary/aromatic N) is 4. The van der Waals surface area contributed by atoms with Gasteiger partial charge in [0.1, 0.15) is 17.0 Å². The topological polar surface area (TPSA) is 154 Å². The van der Waals surface area contributed by atoms with Crippen LogP contribution < -0.4 is 24.6 Å². The van der Waals surface area contributed by atoms with Gasteiger partial charge in [0.05, 0.1) is 45.2 Å². The number of rotatable bonds is 6. The quantitative estimate of drug-likeness (QED) is 0.238. The minimum absolute atomic E-state index is 0.0960. The lowest BCUT2D eigenvalue weighted by atomic mass is 9.96. The average molecular weight is 566 g/mol. The summed E-state index contributed by atoms with van der Waals surface area (Å²) in [6, 6.07) is 13.0. The highest BCUT2D eigenvalue weighted by Gasteiger charge is 2.37. The summed E-state index contributed by atoms with van der Waals surface area (Å²) in [6.07, 6.45) is 3.09. The molecule has 42 heavy (non-hydrogen) atoms. The molecule has 1 aliphatic rings. The Morgan fingerprint density at radius 3 is 2.64 bits per heavy atom. The van der Waals surface area contributed by atoms with Gasteiger partial charge in [-0.15, -0.1) is 0 Å². The van der Waals surface area contributed by atoms with Crippen LogP contribution in [0.4, 0.5) is 5.69 Å². The van der Waals surface area contributed by atoms with E-state index in [1.165, 1.54) is 20.5 Å². The van der Waals surface area contributed by atoms with Crippen LogP contribution in [-0.4, -0.2) is 63.4 Å². The van der Waals surface area contributed by atoms with Crippen LogP contribution in [0, 0.1) is 5.41 Å². The van der Waals surface area contributed by atoms with Crippen LogP contribution in [0.2, 0.25) is 0 Å². The van der Waals surface area contributed by atoms with E-state index in [1.807, 2.05) is 34.9 Å². The predicted octanol–water partition coefficient (Wildman–Crippen LogP) is 4.05. The number of nitrogens with one attached hydrogen (secondary N) is 3. The van der Waals surface area contributed by atoms with E-state index in [0.29, 0.717) is 69.3 Å². The van der Waals surface area contributed by atoms with Crippen molar-refractivity contribution < 1.29 is 24.1 Å². The highest BCUT2D eigenvalue weighted by molar-refractivity contribution is 6.11. The SMILES string of the molecule is COc1cc2cc(C(=O)N3CC(Cn4cnc(=N)c5[nH]cnc54)c4c3cc3ccccc3c4O)[nH]c2c(OC)c1OC. The van der Waals surface area contributed by atoms with Crippen molar-refractivity contribution in [1.29, 1.82) is 5.41 Å². The van der Waals surface area contributed by atoms with Crippen molar-refractivity contribution >= 4 is 44.4 Å². The molecule has 1 atom stereocenters. The fourth-order valence-electron chi connectivity index (χ4n) is 6.01. The number of ether oxygens (including phenoxy) is 3. The second-order valence-corrected chi connectivity index (χ2v) is 10.1. The molecule has 4 heterocycles. The summed E-state index contributed by atoms with van der Waals surface area (Å²) in [7, 11) is 4.60. The van der Waals surface area contributed by atoms with Crippen LogP contribution in [0.15, 0.2) is 55.1 Å². The van der Waals surface area contributed by atoms with Crippen molar-refractivity contribution in [2.24, 2.45) is 0 Å². The zero-order chi connectivity index (χ0) is 29.1. The number of aromatic nitrogens is 5. The molecule has 4 N–H and O–H groups in total. The van der Waals surface area contributed by atoms with Crippen molar-refractivity contribution in [3.05, 3.63) is 71.9 Å². The van der Waals surface area contributed by atoms with E-state index in [4.69, 9.17) is 19.6 Å². The molecule has 3 aromatic carbocycles. The van der Waals surface area contributed by atoms with Gasteiger partial charge in [-0.1, -0.05) is 24.3 Å². The lowest BCUT2D eigenvalue weighted by Gasteiger charge is -2.18. The number of aromatic amines is 2. The van der Waals surface area contributed by atoms with Gasteiger partial charge >= 0.3 is 0 Å². The van der Waals surface area contributed by atoms with Crippen LogP contribution in [-0.2, 0) is 6.54 Å². The first-order valence-electron chi connectivity index (χ1n) is 13.2. The van der Waals surface area contributed by atoms with Gasteiger partial charge < -0.3 is 38.8 Å². The molecular weight excluding hydrogens is 538 g/mol. The third-order valence-electron chi connectivity index (χ3n) is 7.91. The fraction of sp³-hybridized carbons (Fsp3) is 0.200. The Morgan fingerprint density at radius 2 is 1.86 bits per heavy atom. The molecule has 0 bridgehead atoms. The second-order valence-electron chi connectivity index (χ2n) is 10.1. The number of benzene rings is 3. The van der Waals surface area contributed by atoms with Gasteiger partial charge in [-0.2, -0.15) is 0 Å². The molecule has 6 aromatic rings. The van der Waals surface area contributed by atoms with Crippen molar-refractivity contribution in [3.8, 4) is 23.0 Å². The van der Waals surface area contributed by atoms with Gasteiger partial charge in [0, 0.05) is 35.3 Å². The molecule has 12 nitrogen and oxygen atoms in total. The number of imidazole rings is 1. The molecule has 7 rings (SSSR count). The molecule has 3 aromatic heterocycles. The Kier molecular flexibility index (Phi) is 5.78. The molecule has 12 heteroatoms. The number of phenols is 1. The molecule has 212 valence electrons. The number of hydrogen-bond donors (Lipinski definition) is 4. The number of H-pyrrole nitrogens is 2. The van der Waals surface area contributed by atoms with E-state index in [9.17, 15) is 9.90 Å². The number of methoxy groups -OCH3 is 3. The number of phenolic OH excluding ortho intramolecular Hbond substituents is 1. The highest BCUT2D eigenvalue weighted by atomic mass is 16.5. The van der Waals surface area contributed by atoms with E-state index in [0.717, 1.165) is 10.8 Å². The molecule has 1 amide bonds. The summed E-state index contributed by atoms with van der Waals surface area (Å²) >= 11 is 0. The normalized spacial score (nSPS) is 14.5. The van der Waals surface area contributed by atoms with E-state index in [1.54, 1.807) is 30.5 Å². The van der Waals surface area contributed by atoms with Crippen LogP contribution in [0.1, 0.15) is 22.0 Å². The summed E-state index contributed by atoms with van der Waals surface area (Å²) in [5.74, 6) is 0.927. The molecule has 0 saturated heterocycles. The number of hydrogen-bond acceptors (Lipinski definition) is 8. The maximum absolute atomic E-state index is 14.2. The fourth-order valence-corrected chi connectivity index (χ4v) is 6.01. The zero-order valence-electron chi connectivity index (χ0n) is 23.1. The second kappa shape index (κ2) is 9.54. The van der Waals surface area contributed by atoms with Crippen molar-refractivity contribution in [2.45, 2.75) is 12.5 Å². The Morgan fingerprint density at radius 1 is 1.05 bits per heavy atom. The number of aromatic hydroxyl groups is 1. The first-order chi connectivity index (χ1) is 20.4. The molecule has 0 fully saturated rings. The predicted molar refractivity (Wildman–Crippen MR) is 156 cm³/mol. The van der Waals surface area contributed by atoms with Crippen molar-refractivity contribution in [3.63, 3.8) is 0 Å². The Bertz CT molecular complexity index is 2090. The largest absolute Gasteiger partial charge is 0.507 e. The minimum atomic E-state index is -0.282. The Balaban J connectivity index is 1.35. The van der Waals surface area contributed by atoms with Gasteiger partial charge in [0.25, 0.3) is 5.91 Å². The average Bonchev–Trinajstić information content (AvgIpc) is 3.75. The van der Waals surface area contributed by atoms with Gasteiger partial charge in [-0.3, -0.25) is 10.2 Å². The van der Waals surface area contributed by atoms with Gasteiger partial charge in [-0.05, 0) is 23.6 Å². The molecule has 0 saturated carbocycles. The van der Waals surface area contributed by atoms with Gasteiger partial charge in [0.2, 0.25) is 5.75 Å². The summed E-state index contributed by atoms with van der Waals surface area (Å²) in [5, 5.41) is 21.9. The molecule has 0 radical (unpaired) electrons. The number of carbonyl (C=O) groups excluding carboxylic acids is 1. The first-order valence-corrected chi connectivity index (χ1v) is 13.2. The van der Waals surface area contributed by atoms with Gasteiger partial charge in [-0.25, -0.2) is 9.97 Å². The third kappa shape index (κ3) is 3.68. The molecule has 0 aliphatic carbocycles. The summed E-state index contributed by atoms with van der Waals surface area (Å²) in [6.45, 7) is 0.685. The number of fused-ring (bicyclic) bond motifs is 4. The molecule has 0 spiro atoms. The maximum Gasteiger partial charge on any atom is 0.274 e. The van der Waals surface area contributed by atoms with Crippen molar-refractivity contribution in [2.75, 3.05) is 32.8 Å². The lowest BCUT2D eigenvalue weighted by Crippen LogP contribution is -2.31. The van der Waals surface area contributed by atoms with Crippen LogP contribution >= 0.6 is 0 Å². The third-order valence-corrected chi connectivity index (χ3v) is 7.91. The van der Waals surface area contributed by atoms with Crippen LogP contribution in [0.5, 0.6) is 23.0 Å². The molecule has 1 aliphatic heterocycles. The van der Waals surface area contributed by atoms with Crippen LogP contribution in [0.3, 0.4) is 0 Å². The van der Waals surface area contributed by atoms with E-state index in [2.05, 4.69) is 19.9 Å². The number of carbonyl (C=O) groups is 1. The smallest absolute Gasteiger partial charge is 0.274 e.